The Morgan fingerprint density at radius 3 is 2.78 bits per heavy atom. The number of aromatic nitrogens is 4. The molecule has 2 aromatic heterocycles. The second-order valence-corrected chi connectivity index (χ2v) is 4.86. The van der Waals surface area contributed by atoms with Crippen LogP contribution in [0.4, 0.5) is 11.6 Å². The minimum atomic E-state index is -0.375. The molecule has 0 radical (unpaired) electrons. The molecule has 0 spiro atoms. The summed E-state index contributed by atoms with van der Waals surface area (Å²) < 4.78 is 6.27. The molecule has 0 amide bonds. The number of anilines is 2. The van der Waals surface area contributed by atoms with Crippen LogP contribution in [0.3, 0.4) is 0 Å². The van der Waals surface area contributed by atoms with Crippen LogP contribution in [0, 0.1) is 6.92 Å². The second-order valence-electron chi connectivity index (χ2n) is 4.86. The Kier molecular flexibility index (Phi) is 3.80. The van der Waals surface area contributed by atoms with E-state index in [2.05, 4.69) is 20.5 Å². The number of aryl methyl sites for hydroxylation is 1. The van der Waals surface area contributed by atoms with Gasteiger partial charge in [0.05, 0.1) is 12.2 Å². The van der Waals surface area contributed by atoms with E-state index in [-0.39, 0.29) is 11.5 Å². The topological polar surface area (TPSA) is 101 Å². The lowest BCUT2D eigenvalue weighted by Gasteiger charge is -2.05. The molecule has 3 rings (SSSR count). The molecule has 0 atom stereocenters. The lowest BCUT2D eigenvalue weighted by atomic mass is 10.2. The van der Waals surface area contributed by atoms with Crippen LogP contribution in [0.1, 0.15) is 23.0 Å². The number of aromatic amines is 1. The Morgan fingerprint density at radius 1 is 1.35 bits per heavy atom. The van der Waals surface area contributed by atoms with E-state index in [9.17, 15) is 9.59 Å². The molecular weight excluding hydrogens is 298 g/mol. The summed E-state index contributed by atoms with van der Waals surface area (Å²) in [5, 5.41) is 9.77. The number of ether oxygens (including phenoxy) is 1. The fraction of sp³-hybridized carbons (Fsp3) is 0.200. The number of carbonyl (C=O) groups is 1. The zero-order valence-corrected chi connectivity index (χ0v) is 12.7. The van der Waals surface area contributed by atoms with Gasteiger partial charge in [-0.25, -0.2) is 19.3 Å². The number of hydrogen-bond donors (Lipinski definition) is 2. The lowest BCUT2D eigenvalue weighted by Crippen LogP contribution is -2.15. The summed E-state index contributed by atoms with van der Waals surface area (Å²) in [6.45, 7) is 3.82. The Morgan fingerprint density at radius 2 is 2.09 bits per heavy atom. The average molecular weight is 313 g/mol. The van der Waals surface area contributed by atoms with Gasteiger partial charge in [0.2, 0.25) is 11.7 Å². The third-order valence-corrected chi connectivity index (χ3v) is 3.17. The predicted molar refractivity (Wildman–Crippen MR) is 84.0 cm³/mol. The second kappa shape index (κ2) is 5.91. The standard InChI is InChI=1S/C15H15N5O3/c1-3-23-13(22)10-4-6-11(7-5-10)17-15-19-18-14-16-9(2)8-12(21)20(14)15/h4-8H,3H2,1-2H3,(H,16,18)(H,17,19). The van der Waals surface area contributed by atoms with E-state index in [0.29, 0.717) is 35.3 Å². The first kappa shape index (κ1) is 14.8. The van der Waals surface area contributed by atoms with Gasteiger partial charge in [0.25, 0.3) is 5.56 Å². The molecule has 2 heterocycles. The Hall–Kier alpha value is -3.16. The molecule has 0 aliphatic heterocycles. The van der Waals surface area contributed by atoms with Crippen LogP contribution in [0.5, 0.6) is 0 Å². The minimum Gasteiger partial charge on any atom is -0.462 e. The third kappa shape index (κ3) is 2.91. The van der Waals surface area contributed by atoms with Crippen molar-refractivity contribution in [2.45, 2.75) is 13.8 Å². The largest absolute Gasteiger partial charge is 0.462 e. The molecule has 0 unspecified atom stereocenters. The van der Waals surface area contributed by atoms with E-state index in [1.165, 1.54) is 10.5 Å². The van der Waals surface area contributed by atoms with E-state index < -0.39 is 0 Å². The number of nitrogens with zero attached hydrogens (tertiary/aromatic N) is 3. The van der Waals surface area contributed by atoms with Crippen molar-refractivity contribution in [2.75, 3.05) is 11.9 Å². The fourth-order valence-corrected chi connectivity index (χ4v) is 2.15. The number of benzene rings is 1. The minimum absolute atomic E-state index is 0.230. The molecule has 0 aliphatic carbocycles. The van der Waals surface area contributed by atoms with Gasteiger partial charge in [0.15, 0.2) is 0 Å². The Balaban J connectivity index is 1.88. The smallest absolute Gasteiger partial charge is 0.338 e. The summed E-state index contributed by atoms with van der Waals surface area (Å²) in [5.74, 6) is 0.308. The number of H-pyrrole nitrogens is 1. The molecule has 1 aromatic carbocycles. The highest BCUT2D eigenvalue weighted by atomic mass is 16.5. The highest BCUT2D eigenvalue weighted by Crippen LogP contribution is 2.15. The van der Waals surface area contributed by atoms with Gasteiger partial charge in [0.1, 0.15) is 0 Å². The average Bonchev–Trinajstić information content (AvgIpc) is 2.91. The summed E-state index contributed by atoms with van der Waals surface area (Å²) in [6, 6.07) is 8.12. The van der Waals surface area contributed by atoms with Crippen molar-refractivity contribution in [1.82, 2.24) is 19.6 Å². The molecule has 2 N–H and O–H groups in total. The summed E-state index contributed by atoms with van der Waals surface area (Å²) in [4.78, 5) is 27.9. The summed E-state index contributed by atoms with van der Waals surface area (Å²) >= 11 is 0. The first-order valence-electron chi connectivity index (χ1n) is 7.07. The van der Waals surface area contributed by atoms with Crippen molar-refractivity contribution in [3.05, 3.63) is 51.9 Å². The molecular formula is C15H15N5O3. The van der Waals surface area contributed by atoms with E-state index >= 15 is 0 Å². The Bertz CT molecular complexity index is 911. The van der Waals surface area contributed by atoms with Gasteiger partial charge in [-0.2, -0.15) is 0 Å². The van der Waals surface area contributed by atoms with E-state index in [4.69, 9.17) is 4.74 Å². The van der Waals surface area contributed by atoms with Crippen molar-refractivity contribution >= 4 is 23.4 Å². The first-order chi connectivity index (χ1) is 11.1. The van der Waals surface area contributed by atoms with Gasteiger partial charge < -0.3 is 10.1 Å². The van der Waals surface area contributed by atoms with Crippen LogP contribution in [0.25, 0.3) is 5.78 Å². The van der Waals surface area contributed by atoms with Crippen LogP contribution in [-0.2, 0) is 4.74 Å². The number of rotatable bonds is 4. The summed E-state index contributed by atoms with van der Waals surface area (Å²) in [6.07, 6.45) is 0. The van der Waals surface area contributed by atoms with Gasteiger partial charge in [-0.15, -0.1) is 5.10 Å². The molecule has 0 bridgehead atoms. The number of carbonyl (C=O) groups excluding carboxylic acids is 1. The number of hydrogen-bond acceptors (Lipinski definition) is 6. The van der Waals surface area contributed by atoms with Crippen molar-refractivity contribution in [3.8, 4) is 0 Å². The van der Waals surface area contributed by atoms with Crippen LogP contribution < -0.4 is 10.9 Å². The van der Waals surface area contributed by atoms with Gasteiger partial charge in [-0.1, -0.05) is 0 Å². The van der Waals surface area contributed by atoms with Crippen LogP contribution in [-0.4, -0.2) is 32.2 Å². The van der Waals surface area contributed by atoms with E-state index in [0.717, 1.165) is 0 Å². The zero-order valence-electron chi connectivity index (χ0n) is 12.7. The molecule has 0 saturated heterocycles. The normalized spacial score (nSPS) is 10.7. The molecule has 8 nitrogen and oxygen atoms in total. The van der Waals surface area contributed by atoms with Crippen LogP contribution >= 0.6 is 0 Å². The maximum Gasteiger partial charge on any atom is 0.338 e. The first-order valence-corrected chi connectivity index (χ1v) is 7.07. The zero-order chi connectivity index (χ0) is 16.4. The van der Waals surface area contributed by atoms with Gasteiger partial charge in [-0.05, 0) is 38.1 Å². The molecule has 23 heavy (non-hydrogen) atoms. The molecule has 118 valence electrons. The Labute approximate surface area is 131 Å². The lowest BCUT2D eigenvalue weighted by molar-refractivity contribution is 0.0526. The van der Waals surface area contributed by atoms with Crippen molar-refractivity contribution < 1.29 is 9.53 Å². The van der Waals surface area contributed by atoms with Gasteiger partial charge >= 0.3 is 5.97 Å². The van der Waals surface area contributed by atoms with Gasteiger partial charge in [-0.3, -0.25) is 4.79 Å². The molecule has 0 saturated carbocycles. The predicted octanol–water partition coefficient (Wildman–Crippen LogP) is 1.65. The molecule has 3 aromatic rings. The monoisotopic (exact) mass is 313 g/mol. The molecule has 0 fully saturated rings. The highest BCUT2D eigenvalue weighted by molar-refractivity contribution is 5.89. The summed E-state index contributed by atoms with van der Waals surface area (Å²) in [5.41, 5.74) is 1.52. The number of esters is 1. The van der Waals surface area contributed by atoms with Crippen molar-refractivity contribution in [1.29, 1.82) is 0 Å². The van der Waals surface area contributed by atoms with Crippen LogP contribution in [0.2, 0.25) is 0 Å². The quantitative estimate of drug-likeness (QED) is 0.710. The fourth-order valence-electron chi connectivity index (χ4n) is 2.15. The number of nitrogens with one attached hydrogen (secondary N) is 2. The maximum absolute atomic E-state index is 12.0. The van der Waals surface area contributed by atoms with Gasteiger partial charge in [0, 0.05) is 17.4 Å². The van der Waals surface area contributed by atoms with Crippen molar-refractivity contribution in [3.63, 3.8) is 0 Å². The third-order valence-electron chi connectivity index (χ3n) is 3.17. The maximum atomic E-state index is 12.0. The van der Waals surface area contributed by atoms with Crippen molar-refractivity contribution in [2.24, 2.45) is 0 Å². The SMILES string of the molecule is CCOC(=O)c1ccc(Nc2n[nH]c3nc(C)cc(=O)n23)cc1. The molecule has 8 heteroatoms. The summed E-state index contributed by atoms with van der Waals surface area (Å²) in [7, 11) is 0. The van der Waals surface area contributed by atoms with E-state index in [1.54, 1.807) is 38.1 Å². The highest BCUT2D eigenvalue weighted by Gasteiger charge is 2.10. The molecule has 0 aliphatic rings. The van der Waals surface area contributed by atoms with E-state index in [1.807, 2.05) is 0 Å². The van der Waals surface area contributed by atoms with Crippen LogP contribution in [0.15, 0.2) is 35.1 Å². The number of fused-ring (bicyclic) bond motifs is 1.